The van der Waals surface area contributed by atoms with Crippen molar-refractivity contribution in [2.24, 2.45) is 0 Å². The minimum atomic E-state index is -0.679. The molecule has 2 N–H and O–H groups in total. The lowest BCUT2D eigenvalue weighted by Crippen LogP contribution is -2.45. The van der Waals surface area contributed by atoms with E-state index in [1.54, 1.807) is 0 Å². The first-order valence-corrected chi connectivity index (χ1v) is 7.37. The molecule has 2 unspecified atom stereocenters. The lowest BCUT2D eigenvalue weighted by Gasteiger charge is -2.34. The van der Waals surface area contributed by atoms with Gasteiger partial charge in [0, 0.05) is 31.1 Å². The van der Waals surface area contributed by atoms with E-state index in [4.69, 9.17) is 5.11 Å². The minimum absolute atomic E-state index is 0.282. The highest BCUT2D eigenvalue weighted by Gasteiger charge is 2.30. The molecule has 0 aromatic carbocycles. The molecule has 4 nitrogen and oxygen atoms in total. The monoisotopic (exact) mass is 254 g/mol. The van der Waals surface area contributed by atoms with Crippen molar-refractivity contribution in [1.82, 2.24) is 10.2 Å². The Morgan fingerprint density at radius 1 is 1.33 bits per heavy atom. The van der Waals surface area contributed by atoms with E-state index < -0.39 is 5.97 Å². The molecule has 0 spiro atoms. The van der Waals surface area contributed by atoms with Crippen molar-refractivity contribution in [3.05, 3.63) is 0 Å². The van der Waals surface area contributed by atoms with Crippen LogP contribution in [0.4, 0.5) is 0 Å². The van der Waals surface area contributed by atoms with Gasteiger partial charge in [-0.25, -0.2) is 0 Å². The molecule has 104 valence electrons. The molecule has 0 aromatic rings. The number of carbonyl (C=O) groups is 1. The highest BCUT2D eigenvalue weighted by molar-refractivity contribution is 5.66. The number of nitrogens with zero attached hydrogens (tertiary/aromatic N) is 1. The van der Waals surface area contributed by atoms with Crippen molar-refractivity contribution in [3.8, 4) is 0 Å². The number of rotatable bonds is 4. The van der Waals surface area contributed by atoms with Crippen LogP contribution in [-0.4, -0.2) is 47.2 Å². The Bertz CT molecular complexity index is 277. The van der Waals surface area contributed by atoms with Gasteiger partial charge in [0.2, 0.25) is 0 Å². The zero-order valence-electron chi connectivity index (χ0n) is 11.4. The second-order valence-electron chi connectivity index (χ2n) is 5.86. The summed E-state index contributed by atoms with van der Waals surface area (Å²) in [6, 6.07) is 1.73. The summed E-state index contributed by atoms with van der Waals surface area (Å²) in [5.41, 5.74) is 0. The average Bonchev–Trinajstić information content (AvgIpc) is 2.78. The van der Waals surface area contributed by atoms with E-state index >= 15 is 0 Å². The number of aliphatic carboxylic acids is 1. The number of carboxylic acids is 1. The summed E-state index contributed by atoms with van der Waals surface area (Å²) in [6.45, 7) is 4.37. The van der Waals surface area contributed by atoms with Crippen molar-refractivity contribution in [2.45, 2.75) is 70.0 Å². The Morgan fingerprint density at radius 3 is 2.72 bits per heavy atom. The average molecular weight is 254 g/mol. The molecule has 1 saturated carbocycles. The van der Waals surface area contributed by atoms with Gasteiger partial charge >= 0.3 is 5.97 Å². The van der Waals surface area contributed by atoms with Crippen LogP contribution in [0.25, 0.3) is 0 Å². The molecule has 2 aliphatic rings. The molecule has 1 aliphatic heterocycles. The predicted molar refractivity (Wildman–Crippen MR) is 71.7 cm³/mol. The first-order chi connectivity index (χ1) is 8.66. The minimum Gasteiger partial charge on any atom is -0.481 e. The normalized spacial score (nSPS) is 31.4. The molecule has 0 radical (unpaired) electrons. The smallest absolute Gasteiger partial charge is 0.303 e. The van der Waals surface area contributed by atoms with Gasteiger partial charge < -0.3 is 10.4 Å². The molecule has 2 fully saturated rings. The summed E-state index contributed by atoms with van der Waals surface area (Å²) < 4.78 is 0. The highest BCUT2D eigenvalue weighted by Crippen LogP contribution is 2.27. The van der Waals surface area contributed by atoms with Crippen LogP contribution >= 0.6 is 0 Å². The molecular formula is C14H26N2O2. The van der Waals surface area contributed by atoms with Crippen LogP contribution in [0.3, 0.4) is 0 Å². The maximum Gasteiger partial charge on any atom is 0.303 e. The van der Waals surface area contributed by atoms with Crippen LogP contribution in [0.1, 0.15) is 51.9 Å². The van der Waals surface area contributed by atoms with Crippen LogP contribution in [-0.2, 0) is 4.79 Å². The van der Waals surface area contributed by atoms with Gasteiger partial charge in [-0.1, -0.05) is 12.8 Å². The standard InChI is InChI=1S/C14H26N2O2/c1-11-8-9-15-12(6-7-14(17)18)10-16(11)13-4-2-3-5-13/h11-13,15H,2-10H2,1H3,(H,17,18). The second kappa shape index (κ2) is 6.53. The number of carboxylic acid groups (broad SMARTS) is 1. The van der Waals surface area contributed by atoms with E-state index in [0.29, 0.717) is 12.1 Å². The van der Waals surface area contributed by atoms with Gasteiger partial charge in [-0.15, -0.1) is 0 Å². The van der Waals surface area contributed by atoms with Crippen molar-refractivity contribution in [1.29, 1.82) is 0 Å². The van der Waals surface area contributed by atoms with Gasteiger partial charge in [-0.2, -0.15) is 0 Å². The summed E-state index contributed by atoms with van der Waals surface area (Å²) in [6.07, 6.45) is 7.60. The lowest BCUT2D eigenvalue weighted by atomic mass is 10.1. The molecule has 1 heterocycles. The fraction of sp³-hybridized carbons (Fsp3) is 0.929. The Morgan fingerprint density at radius 2 is 2.06 bits per heavy atom. The van der Waals surface area contributed by atoms with Crippen LogP contribution in [0, 0.1) is 0 Å². The van der Waals surface area contributed by atoms with Gasteiger partial charge in [0.15, 0.2) is 0 Å². The van der Waals surface area contributed by atoms with E-state index in [2.05, 4.69) is 17.1 Å². The molecule has 4 heteroatoms. The summed E-state index contributed by atoms with van der Waals surface area (Å²) in [4.78, 5) is 13.3. The van der Waals surface area contributed by atoms with Gasteiger partial charge in [0.25, 0.3) is 0 Å². The van der Waals surface area contributed by atoms with Gasteiger partial charge in [-0.05, 0) is 39.2 Å². The Kier molecular flexibility index (Phi) is 5.01. The van der Waals surface area contributed by atoms with E-state index in [1.807, 2.05) is 0 Å². The quantitative estimate of drug-likeness (QED) is 0.804. The van der Waals surface area contributed by atoms with Crippen molar-refractivity contribution < 1.29 is 9.90 Å². The fourth-order valence-corrected chi connectivity index (χ4v) is 3.40. The van der Waals surface area contributed by atoms with Crippen LogP contribution < -0.4 is 5.32 Å². The van der Waals surface area contributed by atoms with Crippen LogP contribution in [0.15, 0.2) is 0 Å². The topological polar surface area (TPSA) is 52.6 Å². The highest BCUT2D eigenvalue weighted by atomic mass is 16.4. The molecule has 0 aromatic heterocycles. The first-order valence-electron chi connectivity index (χ1n) is 7.37. The van der Waals surface area contributed by atoms with Crippen molar-refractivity contribution in [2.75, 3.05) is 13.1 Å². The Balaban J connectivity index is 1.91. The van der Waals surface area contributed by atoms with Gasteiger partial charge in [0.1, 0.15) is 0 Å². The van der Waals surface area contributed by atoms with E-state index in [1.165, 1.54) is 32.1 Å². The fourth-order valence-electron chi connectivity index (χ4n) is 3.40. The number of hydrogen-bond donors (Lipinski definition) is 2. The third-order valence-electron chi connectivity index (χ3n) is 4.49. The molecule has 0 bridgehead atoms. The Labute approximate surface area is 110 Å². The maximum absolute atomic E-state index is 10.7. The largest absolute Gasteiger partial charge is 0.481 e. The van der Waals surface area contributed by atoms with Gasteiger partial charge in [0.05, 0.1) is 0 Å². The zero-order valence-corrected chi connectivity index (χ0v) is 11.4. The maximum atomic E-state index is 10.7. The summed E-state index contributed by atoms with van der Waals surface area (Å²) >= 11 is 0. The SMILES string of the molecule is CC1CCNC(CCC(=O)O)CN1C1CCCC1. The molecule has 2 atom stereocenters. The molecule has 18 heavy (non-hydrogen) atoms. The first kappa shape index (κ1) is 13.8. The molecule has 2 rings (SSSR count). The molecular weight excluding hydrogens is 228 g/mol. The van der Waals surface area contributed by atoms with Crippen LogP contribution in [0.5, 0.6) is 0 Å². The molecule has 1 saturated heterocycles. The van der Waals surface area contributed by atoms with Crippen LogP contribution in [0.2, 0.25) is 0 Å². The number of hydrogen-bond acceptors (Lipinski definition) is 3. The molecule has 1 aliphatic carbocycles. The second-order valence-corrected chi connectivity index (χ2v) is 5.86. The predicted octanol–water partition coefficient (Wildman–Crippen LogP) is 1.85. The lowest BCUT2D eigenvalue weighted by molar-refractivity contribution is -0.137. The van der Waals surface area contributed by atoms with E-state index in [-0.39, 0.29) is 6.42 Å². The van der Waals surface area contributed by atoms with E-state index in [0.717, 1.165) is 25.6 Å². The summed E-state index contributed by atoms with van der Waals surface area (Å²) in [5.74, 6) is -0.679. The van der Waals surface area contributed by atoms with E-state index in [9.17, 15) is 4.79 Å². The van der Waals surface area contributed by atoms with Gasteiger partial charge in [-0.3, -0.25) is 9.69 Å². The zero-order chi connectivity index (χ0) is 13.0. The number of nitrogens with one attached hydrogen (secondary N) is 1. The van der Waals surface area contributed by atoms with Crippen molar-refractivity contribution in [3.63, 3.8) is 0 Å². The molecule has 0 amide bonds. The summed E-state index contributed by atoms with van der Waals surface area (Å²) in [7, 11) is 0. The third kappa shape index (κ3) is 3.69. The third-order valence-corrected chi connectivity index (χ3v) is 4.49. The Hall–Kier alpha value is -0.610. The van der Waals surface area contributed by atoms with Crippen molar-refractivity contribution >= 4 is 5.97 Å². The summed E-state index contributed by atoms with van der Waals surface area (Å²) in [5, 5.41) is 12.3.